The number of nitrogens with one attached hydrogen (secondary N) is 2. The van der Waals surface area contributed by atoms with Crippen LogP contribution in [0.2, 0.25) is 0 Å². The Balaban J connectivity index is 0.00000784. The van der Waals surface area contributed by atoms with E-state index in [1.54, 1.807) is 16.8 Å². The Kier molecular flexibility index (Phi) is 12.5. The molecule has 0 bridgehead atoms. The van der Waals surface area contributed by atoms with Gasteiger partial charge in [0.15, 0.2) is 5.96 Å². The third kappa shape index (κ3) is 9.45. The van der Waals surface area contributed by atoms with E-state index in [1.165, 1.54) is 0 Å². The van der Waals surface area contributed by atoms with Gasteiger partial charge in [0.25, 0.3) is 0 Å². The zero-order chi connectivity index (χ0) is 21.2. The molecule has 0 radical (unpaired) electrons. The molecule has 1 aromatic rings. The average molecular weight is 531 g/mol. The number of rotatable bonds is 9. The smallest absolute Gasteiger partial charge is 0.357 e. The van der Waals surface area contributed by atoms with Crippen molar-refractivity contribution in [3.8, 4) is 0 Å². The number of alkyl halides is 3. The van der Waals surface area contributed by atoms with Gasteiger partial charge in [-0.1, -0.05) is 0 Å². The van der Waals surface area contributed by atoms with E-state index in [2.05, 4.69) is 25.6 Å². The van der Waals surface area contributed by atoms with Gasteiger partial charge in [0.2, 0.25) is 11.9 Å². The lowest BCUT2D eigenvalue weighted by Gasteiger charge is -2.25. The molecule has 0 fully saturated rings. The van der Waals surface area contributed by atoms with Crippen LogP contribution < -0.4 is 10.6 Å². The Morgan fingerprint density at radius 2 is 1.90 bits per heavy atom. The van der Waals surface area contributed by atoms with Crippen molar-refractivity contribution in [1.29, 1.82) is 0 Å². The van der Waals surface area contributed by atoms with Gasteiger partial charge < -0.3 is 20.4 Å². The van der Waals surface area contributed by atoms with Crippen molar-refractivity contribution in [1.82, 2.24) is 25.1 Å². The maximum Gasteiger partial charge on any atom is 0.433 e. The zero-order valence-corrected chi connectivity index (χ0v) is 19.4. The molecule has 1 heterocycles. The second kappa shape index (κ2) is 13.4. The number of amides is 1. The molecule has 2 N–H and O–H groups in total. The molecule has 0 aliphatic carbocycles. The number of guanidine groups is 1. The molecule has 166 valence electrons. The second-order valence-corrected chi connectivity index (χ2v) is 5.85. The molecule has 1 aromatic heterocycles. The van der Waals surface area contributed by atoms with Crippen LogP contribution >= 0.6 is 24.0 Å². The van der Waals surface area contributed by atoms with Crippen LogP contribution in [0.3, 0.4) is 0 Å². The van der Waals surface area contributed by atoms with Gasteiger partial charge >= 0.3 is 6.18 Å². The summed E-state index contributed by atoms with van der Waals surface area (Å²) >= 11 is 0. The second-order valence-electron chi connectivity index (χ2n) is 5.85. The summed E-state index contributed by atoms with van der Waals surface area (Å²) < 4.78 is 38.0. The van der Waals surface area contributed by atoms with Gasteiger partial charge in [-0.3, -0.25) is 9.79 Å². The lowest BCUT2D eigenvalue weighted by atomic mass is 10.4. The van der Waals surface area contributed by atoms with E-state index >= 15 is 0 Å². The van der Waals surface area contributed by atoms with E-state index in [-0.39, 0.29) is 55.5 Å². The topological polar surface area (TPSA) is 85.7 Å². The number of halogens is 4. The SMILES string of the molecule is CCNC(=NCCNc1nccc(C(F)(F)F)n1)N(C)CC(=O)N(CC)CC.I. The molecule has 0 aliphatic heterocycles. The summed E-state index contributed by atoms with van der Waals surface area (Å²) in [4.78, 5) is 27.3. The average Bonchev–Trinajstić information content (AvgIpc) is 2.64. The molecule has 0 atom stereocenters. The van der Waals surface area contributed by atoms with Gasteiger partial charge in [0.05, 0.1) is 13.1 Å². The highest BCUT2D eigenvalue weighted by molar-refractivity contribution is 14.0. The van der Waals surface area contributed by atoms with Crippen molar-refractivity contribution in [3.63, 3.8) is 0 Å². The number of carbonyl (C=O) groups is 1. The van der Waals surface area contributed by atoms with Crippen molar-refractivity contribution in [3.05, 3.63) is 18.0 Å². The third-order valence-electron chi connectivity index (χ3n) is 3.79. The molecule has 8 nitrogen and oxygen atoms in total. The monoisotopic (exact) mass is 531 g/mol. The van der Waals surface area contributed by atoms with Crippen LogP contribution in [-0.2, 0) is 11.0 Å². The Bertz CT molecular complexity index is 654. The number of aliphatic imine (C=N–C) groups is 1. The van der Waals surface area contributed by atoms with Crippen molar-refractivity contribution >= 4 is 41.8 Å². The Labute approximate surface area is 186 Å². The van der Waals surface area contributed by atoms with Gasteiger partial charge in [0.1, 0.15) is 5.69 Å². The van der Waals surface area contributed by atoms with Crippen LogP contribution in [0.15, 0.2) is 17.3 Å². The number of nitrogens with zero attached hydrogens (tertiary/aromatic N) is 5. The highest BCUT2D eigenvalue weighted by Gasteiger charge is 2.32. The normalized spacial score (nSPS) is 11.5. The molecular weight excluding hydrogens is 502 g/mol. The largest absolute Gasteiger partial charge is 0.433 e. The minimum absolute atomic E-state index is 0. The highest BCUT2D eigenvalue weighted by atomic mass is 127. The van der Waals surface area contributed by atoms with Crippen LogP contribution in [0.25, 0.3) is 0 Å². The number of hydrogen-bond donors (Lipinski definition) is 2. The molecule has 1 amide bonds. The first kappa shape index (κ1) is 27.1. The maximum absolute atomic E-state index is 12.7. The number of carbonyl (C=O) groups excluding carboxylic acids is 1. The standard InChI is InChI=1S/C17H28F3N7O.HI/c1-5-21-16(26(4)12-14(28)27(6-2)7-3)24-11-10-23-15-22-9-8-13(25-15)17(18,19)20;/h8-9H,5-7,10-12H2,1-4H3,(H,21,24)(H,22,23,25);1H. The van der Waals surface area contributed by atoms with Crippen LogP contribution in [-0.4, -0.2) is 78.0 Å². The number of anilines is 1. The Morgan fingerprint density at radius 3 is 2.45 bits per heavy atom. The van der Waals surface area contributed by atoms with Crippen molar-refractivity contribution in [2.75, 3.05) is 51.6 Å². The van der Waals surface area contributed by atoms with Crippen molar-refractivity contribution in [2.45, 2.75) is 26.9 Å². The summed E-state index contributed by atoms with van der Waals surface area (Å²) in [6.45, 7) is 8.33. The molecular formula is C17H29F3IN7O. The predicted octanol–water partition coefficient (Wildman–Crippen LogP) is 2.29. The Hall–Kier alpha value is -1.86. The molecule has 0 spiro atoms. The molecule has 0 aromatic carbocycles. The molecule has 29 heavy (non-hydrogen) atoms. The first-order valence-electron chi connectivity index (χ1n) is 9.14. The molecule has 0 aliphatic rings. The highest BCUT2D eigenvalue weighted by Crippen LogP contribution is 2.27. The first-order chi connectivity index (χ1) is 13.2. The fourth-order valence-corrected chi connectivity index (χ4v) is 2.36. The number of aromatic nitrogens is 2. The lowest BCUT2D eigenvalue weighted by Crippen LogP contribution is -2.45. The predicted molar refractivity (Wildman–Crippen MR) is 117 cm³/mol. The van der Waals surface area contributed by atoms with Gasteiger partial charge in [-0.05, 0) is 26.8 Å². The summed E-state index contributed by atoms with van der Waals surface area (Å²) in [5, 5.41) is 5.81. The lowest BCUT2D eigenvalue weighted by molar-refractivity contribution is -0.141. The minimum Gasteiger partial charge on any atom is -0.357 e. The van der Waals surface area contributed by atoms with Crippen LogP contribution in [0.4, 0.5) is 19.1 Å². The van der Waals surface area contributed by atoms with Crippen LogP contribution in [0, 0.1) is 0 Å². The zero-order valence-electron chi connectivity index (χ0n) is 17.1. The van der Waals surface area contributed by atoms with E-state index in [4.69, 9.17) is 0 Å². The molecule has 0 unspecified atom stereocenters. The van der Waals surface area contributed by atoms with Crippen molar-refractivity contribution in [2.24, 2.45) is 4.99 Å². The Morgan fingerprint density at radius 1 is 1.24 bits per heavy atom. The summed E-state index contributed by atoms with van der Waals surface area (Å²) in [7, 11) is 1.76. The van der Waals surface area contributed by atoms with E-state index in [0.717, 1.165) is 12.3 Å². The molecule has 0 saturated heterocycles. The van der Waals surface area contributed by atoms with Gasteiger partial charge in [-0.25, -0.2) is 9.97 Å². The van der Waals surface area contributed by atoms with Crippen LogP contribution in [0.5, 0.6) is 0 Å². The quantitative estimate of drug-likeness (QED) is 0.220. The summed E-state index contributed by atoms with van der Waals surface area (Å²) in [6.07, 6.45) is -3.46. The van der Waals surface area contributed by atoms with E-state index in [1.807, 2.05) is 20.8 Å². The van der Waals surface area contributed by atoms with Crippen molar-refractivity contribution < 1.29 is 18.0 Å². The van der Waals surface area contributed by atoms with Gasteiger partial charge in [0, 0.05) is 39.4 Å². The van der Waals surface area contributed by atoms with E-state index in [9.17, 15) is 18.0 Å². The number of hydrogen-bond acceptors (Lipinski definition) is 5. The maximum atomic E-state index is 12.7. The van der Waals surface area contributed by atoms with Crippen LogP contribution in [0.1, 0.15) is 26.5 Å². The molecule has 12 heteroatoms. The summed E-state index contributed by atoms with van der Waals surface area (Å²) in [6, 6.07) is 0.814. The number of likely N-dealkylation sites (N-methyl/N-ethyl adjacent to an activating group) is 2. The minimum atomic E-state index is -4.52. The fourth-order valence-electron chi connectivity index (χ4n) is 2.36. The fraction of sp³-hybridized carbons (Fsp3) is 0.647. The van der Waals surface area contributed by atoms with Gasteiger partial charge in [-0.2, -0.15) is 13.2 Å². The van der Waals surface area contributed by atoms with E-state index < -0.39 is 11.9 Å². The van der Waals surface area contributed by atoms with E-state index in [0.29, 0.717) is 25.6 Å². The third-order valence-corrected chi connectivity index (χ3v) is 3.79. The first-order valence-corrected chi connectivity index (χ1v) is 9.14. The summed E-state index contributed by atoms with van der Waals surface area (Å²) in [5.41, 5.74) is -1.00. The summed E-state index contributed by atoms with van der Waals surface area (Å²) in [5.74, 6) is 0.420. The molecule has 0 saturated carbocycles. The molecule has 1 rings (SSSR count). The van der Waals surface area contributed by atoms with Gasteiger partial charge in [-0.15, -0.1) is 24.0 Å².